The lowest BCUT2D eigenvalue weighted by Gasteiger charge is -2.34. The highest BCUT2D eigenvalue weighted by Crippen LogP contribution is 2.28. The van der Waals surface area contributed by atoms with Crippen LogP contribution in [-0.2, 0) is 16.6 Å². The SMILES string of the molecule is N#Cc1ccccc1CN1CCN(S(=O)(=O)c2cc(Cl)ccc2Cl)CC1. The van der Waals surface area contributed by atoms with Gasteiger partial charge in [0.2, 0.25) is 10.0 Å². The second kappa shape index (κ2) is 7.95. The molecule has 3 rings (SSSR count). The number of halogens is 2. The van der Waals surface area contributed by atoms with E-state index in [0.29, 0.717) is 43.3 Å². The van der Waals surface area contributed by atoms with Gasteiger partial charge in [-0.25, -0.2) is 8.42 Å². The van der Waals surface area contributed by atoms with E-state index < -0.39 is 10.0 Å². The van der Waals surface area contributed by atoms with Crippen LogP contribution in [0.25, 0.3) is 0 Å². The topological polar surface area (TPSA) is 64.4 Å². The Morgan fingerprint density at radius 3 is 2.42 bits per heavy atom. The van der Waals surface area contributed by atoms with Crippen molar-refractivity contribution in [3.05, 3.63) is 63.6 Å². The van der Waals surface area contributed by atoms with Crippen molar-refractivity contribution in [3.8, 4) is 6.07 Å². The molecular weight excluding hydrogens is 393 g/mol. The molecule has 1 saturated heterocycles. The van der Waals surface area contributed by atoms with Crippen LogP contribution >= 0.6 is 23.2 Å². The van der Waals surface area contributed by atoms with Crippen molar-refractivity contribution >= 4 is 33.2 Å². The quantitative estimate of drug-likeness (QED) is 0.776. The van der Waals surface area contributed by atoms with E-state index in [9.17, 15) is 13.7 Å². The fourth-order valence-corrected chi connectivity index (χ4v) is 5.11. The molecule has 1 aliphatic rings. The average molecular weight is 410 g/mol. The largest absolute Gasteiger partial charge is 0.296 e. The number of hydrogen-bond acceptors (Lipinski definition) is 4. The van der Waals surface area contributed by atoms with Crippen LogP contribution in [0.5, 0.6) is 0 Å². The molecule has 0 aliphatic carbocycles. The molecule has 0 unspecified atom stereocenters. The van der Waals surface area contributed by atoms with Crippen LogP contribution in [0.1, 0.15) is 11.1 Å². The molecule has 8 heteroatoms. The highest BCUT2D eigenvalue weighted by molar-refractivity contribution is 7.89. The van der Waals surface area contributed by atoms with Gasteiger partial charge in [-0.15, -0.1) is 0 Å². The van der Waals surface area contributed by atoms with Gasteiger partial charge in [-0.2, -0.15) is 9.57 Å². The van der Waals surface area contributed by atoms with Gasteiger partial charge in [0.05, 0.1) is 16.7 Å². The van der Waals surface area contributed by atoms with E-state index >= 15 is 0 Å². The van der Waals surface area contributed by atoms with E-state index in [1.807, 2.05) is 18.2 Å². The summed E-state index contributed by atoms with van der Waals surface area (Å²) in [4.78, 5) is 2.18. The number of piperazine rings is 1. The highest BCUT2D eigenvalue weighted by atomic mass is 35.5. The maximum atomic E-state index is 12.8. The lowest BCUT2D eigenvalue weighted by atomic mass is 10.1. The van der Waals surface area contributed by atoms with Crippen molar-refractivity contribution in [2.24, 2.45) is 0 Å². The van der Waals surface area contributed by atoms with E-state index in [2.05, 4.69) is 11.0 Å². The normalized spacial score (nSPS) is 16.3. The molecule has 2 aromatic rings. The van der Waals surface area contributed by atoms with Gasteiger partial charge in [-0.05, 0) is 29.8 Å². The molecule has 0 aromatic heterocycles. The molecule has 0 bridgehead atoms. The summed E-state index contributed by atoms with van der Waals surface area (Å²) in [7, 11) is -3.69. The van der Waals surface area contributed by atoms with Crippen LogP contribution in [-0.4, -0.2) is 43.8 Å². The fourth-order valence-electron chi connectivity index (χ4n) is 2.95. The summed E-state index contributed by atoms with van der Waals surface area (Å²) in [6, 6.07) is 14.1. The second-order valence-corrected chi connectivity index (χ2v) is 8.77. The minimum absolute atomic E-state index is 0.0370. The minimum Gasteiger partial charge on any atom is -0.296 e. The Kier molecular flexibility index (Phi) is 5.86. The number of benzene rings is 2. The maximum absolute atomic E-state index is 12.8. The zero-order valence-corrected chi connectivity index (χ0v) is 16.2. The fraction of sp³-hybridized carbons (Fsp3) is 0.278. The molecule has 1 fully saturated rings. The number of nitrogens with zero attached hydrogens (tertiary/aromatic N) is 3. The molecule has 0 spiro atoms. The monoisotopic (exact) mass is 409 g/mol. The molecule has 26 heavy (non-hydrogen) atoms. The van der Waals surface area contributed by atoms with E-state index in [-0.39, 0.29) is 9.92 Å². The van der Waals surface area contributed by atoms with E-state index in [0.717, 1.165) is 5.56 Å². The van der Waals surface area contributed by atoms with E-state index in [1.54, 1.807) is 12.1 Å². The van der Waals surface area contributed by atoms with Crippen molar-refractivity contribution in [2.45, 2.75) is 11.4 Å². The first kappa shape index (κ1) is 19.2. The summed E-state index contributed by atoms with van der Waals surface area (Å²) in [5.74, 6) is 0. The van der Waals surface area contributed by atoms with Crippen LogP contribution < -0.4 is 0 Å². The summed E-state index contributed by atoms with van der Waals surface area (Å²) in [5, 5.41) is 9.69. The van der Waals surface area contributed by atoms with Crippen molar-refractivity contribution in [2.75, 3.05) is 26.2 Å². The van der Waals surface area contributed by atoms with Crippen LogP contribution in [0.15, 0.2) is 47.4 Å². The lowest BCUT2D eigenvalue weighted by molar-refractivity contribution is 0.181. The molecule has 1 aliphatic heterocycles. The Bertz CT molecular complexity index is 949. The third-order valence-electron chi connectivity index (χ3n) is 4.37. The zero-order valence-electron chi connectivity index (χ0n) is 13.9. The van der Waals surface area contributed by atoms with Gasteiger partial charge in [0.25, 0.3) is 0 Å². The first-order valence-corrected chi connectivity index (χ1v) is 10.3. The standard InChI is InChI=1S/C18H17Cl2N3O2S/c19-16-5-6-17(20)18(11-16)26(24,25)23-9-7-22(8-10-23)13-15-4-2-1-3-14(15)12-21/h1-6,11H,7-10,13H2. The summed E-state index contributed by atoms with van der Waals surface area (Å²) in [6.45, 7) is 2.50. The summed E-state index contributed by atoms with van der Waals surface area (Å²) < 4.78 is 27.1. The third kappa shape index (κ3) is 4.03. The number of hydrogen-bond donors (Lipinski definition) is 0. The molecule has 5 nitrogen and oxygen atoms in total. The molecule has 1 heterocycles. The zero-order chi connectivity index (χ0) is 18.7. The first-order valence-electron chi connectivity index (χ1n) is 8.07. The molecule has 0 saturated carbocycles. The van der Waals surface area contributed by atoms with Crippen molar-refractivity contribution in [1.82, 2.24) is 9.21 Å². The Morgan fingerprint density at radius 1 is 1.04 bits per heavy atom. The maximum Gasteiger partial charge on any atom is 0.244 e. The van der Waals surface area contributed by atoms with Gasteiger partial charge in [-0.3, -0.25) is 4.90 Å². The molecule has 0 atom stereocenters. The van der Waals surface area contributed by atoms with E-state index in [4.69, 9.17) is 23.2 Å². The lowest BCUT2D eigenvalue weighted by Crippen LogP contribution is -2.48. The number of rotatable bonds is 4. The molecule has 2 aromatic carbocycles. The average Bonchev–Trinajstić information content (AvgIpc) is 2.64. The van der Waals surface area contributed by atoms with Crippen molar-refractivity contribution in [3.63, 3.8) is 0 Å². The predicted octanol–water partition coefficient (Wildman–Crippen LogP) is 3.37. The second-order valence-electron chi connectivity index (χ2n) is 6.02. The summed E-state index contributed by atoms with van der Waals surface area (Å²) in [5.41, 5.74) is 1.59. The number of nitriles is 1. The van der Waals surface area contributed by atoms with E-state index in [1.165, 1.54) is 16.4 Å². The third-order valence-corrected chi connectivity index (χ3v) is 6.99. The Morgan fingerprint density at radius 2 is 1.73 bits per heavy atom. The van der Waals surface area contributed by atoms with Gasteiger partial charge < -0.3 is 0 Å². The van der Waals surface area contributed by atoms with Crippen LogP contribution in [0.3, 0.4) is 0 Å². The van der Waals surface area contributed by atoms with Crippen molar-refractivity contribution in [1.29, 1.82) is 5.26 Å². The van der Waals surface area contributed by atoms with Crippen molar-refractivity contribution < 1.29 is 8.42 Å². The van der Waals surface area contributed by atoms with Crippen LogP contribution in [0.4, 0.5) is 0 Å². The molecule has 0 radical (unpaired) electrons. The molecule has 0 N–H and O–H groups in total. The van der Waals surface area contributed by atoms with Crippen LogP contribution in [0, 0.1) is 11.3 Å². The van der Waals surface area contributed by atoms with Crippen LogP contribution in [0.2, 0.25) is 10.0 Å². The molecule has 136 valence electrons. The smallest absolute Gasteiger partial charge is 0.244 e. The molecule has 0 amide bonds. The Balaban J connectivity index is 1.70. The van der Waals surface area contributed by atoms with Gasteiger partial charge in [-0.1, -0.05) is 41.4 Å². The molecular formula is C18H17Cl2N3O2S. The Labute approximate surface area is 163 Å². The van der Waals surface area contributed by atoms with Gasteiger partial charge >= 0.3 is 0 Å². The first-order chi connectivity index (χ1) is 12.4. The van der Waals surface area contributed by atoms with Gasteiger partial charge in [0.1, 0.15) is 4.90 Å². The number of sulfonamides is 1. The summed E-state index contributed by atoms with van der Waals surface area (Å²) >= 11 is 12.0. The summed E-state index contributed by atoms with van der Waals surface area (Å²) in [6.07, 6.45) is 0. The van der Waals surface area contributed by atoms with Gasteiger partial charge in [0.15, 0.2) is 0 Å². The minimum atomic E-state index is -3.69. The van der Waals surface area contributed by atoms with Gasteiger partial charge in [0, 0.05) is 37.7 Å². The highest BCUT2D eigenvalue weighted by Gasteiger charge is 2.30. The predicted molar refractivity (Wildman–Crippen MR) is 102 cm³/mol. The Hall–Kier alpha value is -1.62.